The molecule has 0 heterocycles. The minimum absolute atomic E-state index is 0.0918. The lowest BCUT2D eigenvalue weighted by Crippen LogP contribution is -2.15. The van der Waals surface area contributed by atoms with Crippen LogP contribution >= 0.6 is 0 Å². The van der Waals surface area contributed by atoms with Crippen molar-refractivity contribution in [3.05, 3.63) is 70.0 Å². The standard InChI is InChI=1S/C20H17F5O4/c1-3-4-9-28-19(26)11-5-7-12(8-6-11)20(27)29-10(2)13-14(21)16(23)18(25)17(24)15(13)22/h5-8,10H,3-4,9H2,1-2H3. The zero-order valence-electron chi connectivity index (χ0n) is 15.5. The summed E-state index contributed by atoms with van der Waals surface area (Å²) in [5.41, 5.74) is -1.18. The number of hydrogen-bond donors (Lipinski definition) is 0. The molecule has 0 aromatic heterocycles. The molecule has 0 saturated heterocycles. The number of benzene rings is 2. The molecule has 0 spiro atoms. The molecule has 2 aromatic carbocycles. The van der Waals surface area contributed by atoms with Gasteiger partial charge in [-0.1, -0.05) is 13.3 Å². The van der Waals surface area contributed by atoms with E-state index in [0.717, 1.165) is 13.3 Å². The van der Waals surface area contributed by atoms with Gasteiger partial charge in [-0.05, 0) is 37.6 Å². The minimum atomic E-state index is -2.30. The fourth-order valence-corrected chi connectivity index (χ4v) is 2.40. The number of esters is 2. The molecule has 0 amide bonds. The molecule has 0 bridgehead atoms. The van der Waals surface area contributed by atoms with E-state index in [1.165, 1.54) is 24.3 Å². The second kappa shape index (κ2) is 9.49. The summed E-state index contributed by atoms with van der Waals surface area (Å²) in [6, 6.07) is 5.00. The van der Waals surface area contributed by atoms with Crippen molar-refractivity contribution in [3.63, 3.8) is 0 Å². The Bertz CT molecular complexity index is 883. The molecular weight excluding hydrogens is 399 g/mol. The van der Waals surface area contributed by atoms with Gasteiger partial charge in [-0.3, -0.25) is 0 Å². The molecule has 0 aliphatic heterocycles. The van der Waals surface area contributed by atoms with E-state index >= 15 is 0 Å². The zero-order valence-corrected chi connectivity index (χ0v) is 15.5. The van der Waals surface area contributed by atoms with Crippen LogP contribution in [-0.2, 0) is 9.47 Å². The Morgan fingerprint density at radius 3 is 1.76 bits per heavy atom. The summed E-state index contributed by atoms with van der Waals surface area (Å²) < 4.78 is 77.2. The Balaban J connectivity index is 2.14. The third-order valence-corrected chi connectivity index (χ3v) is 4.02. The van der Waals surface area contributed by atoms with Crippen LogP contribution in [0.4, 0.5) is 22.0 Å². The van der Waals surface area contributed by atoms with Crippen LogP contribution in [0, 0.1) is 29.1 Å². The Kier molecular flexibility index (Phi) is 7.30. The van der Waals surface area contributed by atoms with Gasteiger partial charge in [-0.2, -0.15) is 0 Å². The van der Waals surface area contributed by atoms with E-state index in [2.05, 4.69) is 0 Å². The quantitative estimate of drug-likeness (QED) is 0.203. The smallest absolute Gasteiger partial charge is 0.338 e. The van der Waals surface area contributed by atoms with E-state index < -0.39 is 52.7 Å². The Morgan fingerprint density at radius 1 is 0.828 bits per heavy atom. The van der Waals surface area contributed by atoms with Crippen molar-refractivity contribution in [3.8, 4) is 0 Å². The molecule has 0 saturated carbocycles. The van der Waals surface area contributed by atoms with Crippen LogP contribution in [0.1, 0.15) is 59.1 Å². The largest absolute Gasteiger partial charge is 0.462 e. The van der Waals surface area contributed by atoms with Crippen LogP contribution in [0.2, 0.25) is 0 Å². The van der Waals surface area contributed by atoms with Crippen LogP contribution in [0.15, 0.2) is 24.3 Å². The Labute approximate surface area is 163 Å². The number of unbranched alkanes of at least 4 members (excludes halogenated alkanes) is 1. The summed E-state index contributed by atoms with van der Waals surface area (Å²) >= 11 is 0. The van der Waals surface area contributed by atoms with E-state index in [4.69, 9.17) is 9.47 Å². The maximum Gasteiger partial charge on any atom is 0.338 e. The molecule has 2 rings (SSSR count). The highest BCUT2D eigenvalue weighted by Gasteiger charge is 2.30. The SMILES string of the molecule is CCCCOC(=O)c1ccc(C(=O)OC(C)c2c(F)c(F)c(F)c(F)c2F)cc1. The highest BCUT2D eigenvalue weighted by atomic mass is 19.2. The predicted octanol–water partition coefficient (Wildman–Crippen LogP) is 5.26. The van der Waals surface area contributed by atoms with E-state index in [-0.39, 0.29) is 17.7 Å². The first-order valence-electron chi connectivity index (χ1n) is 8.68. The third-order valence-electron chi connectivity index (χ3n) is 4.02. The number of rotatable bonds is 7. The molecule has 2 aromatic rings. The van der Waals surface area contributed by atoms with Crippen LogP contribution in [0.25, 0.3) is 0 Å². The summed E-state index contributed by atoms with van der Waals surface area (Å²) in [5.74, 6) is -12.4. The van der Waals surface area contributed by atoms with Crippen molar-refractivity contribution in [2.75, 3.05) is 6.61 Å². The van der Waals surface area contributed by atoms with Crippen molar-refractivity contribution in [2.45, 2.75) is 32.8 Å². The summed E-state index contributed by atoms with van der Waals surface area (Å²) in [4.78, 5) is 23.9. The lowest BCUT2D eigenvalue weighted by Gasteiger charge is -2.16. The van der Waals surface area contributed by atoms with Gasteiger partial charge in [0, 0.05) is 0 Å². The molecular formula is C20H17F5O4. The lowest BCUT2D eigenvalue weighted by atomic mass is 10.1. The van der Waals surface area contributed by atoms with E-state index in [0.29, 0.717) is 6.42 Å². The average Bonchev–Trinajstić information content (AvgIpc) is 2.71. The maximum absolute atomic E-state index is 13.8. The van der Waals surface area contributed by atoms with Crippen LogP contribution in [0.3, 0.4) is 0 Å². The molecule has 29 heavy (non-hydrogen) atoms. The molecule has 9 heteroatoms. The summed E-state index contributed by atoms with van der Waals surface area (Å²) in [7, 11) is 0. The van der Waals surface area contributed by atoms with Gasteiger partial charge in [0.1, 0.15) is 6.10 Å². The van der Waals surface area contributed by atoms with E-state index in [1.807, 2.05) is 6.92 Å². The van der Waals surface area contributed by atoms with Crippen LogP contribution < -0.4 is 0 Å². The van der Waals surface area contributed by atoms with Gasteiger partial charge in [0.25, 0.3) is 0 Å². The van der Waals surface area contributed by atoms with Crippen molar-refractivity contribution in [1.82, 2.24) is 0 Å². The van der Waals surface area contributed by atoms with Crippen LogP contribution in [-0.4, -0.2) is 18.5 Å². The first-order chi connectivity index (χ1) is 13.7. The molecule has 0 radical (unpaired) electrons. The number of carbonyl (C=O) groups excluding carboxylic acids is 2. The lowest BCUT2D eigenvalue weighted by molar-refractivity contribution is 0.0318. The fourth-order valence-electron chi connectivity index (χ4n) is 2.40. The van der Waals surface area contributed by atoms with Gasteiger partial charge in [0.05, 0.1) is 23.3 Å². The van der Waals surface area contributed by atoms with Crippen molar-refractivity contribution in [2.24, 2.45) is 0 Å². The first-order valence-corrected chi connectivity index (χ1v) is 8.68. The normalized spacial score (nSPS) is 11.8. The Hall–Kier alpha value is -2.97. The number of halogens is 5. The highest BCUT2D eigenvalue weighted by Crippen LogP contribution is 2.30. The Morgan fingerprint density at radius 2 is 1.28 bits per heavy atom. The minimum Gasteiger partial charge on any atom is -0.462 e. The maximum atomic E-state index is 13.8. The molecule has 156 valence electrons. The van der Waals surface area contributed by atoms with Crippen molar-refractivity contribution >= 4 is 11.9 Å². The average molecular weight is 416 g/mol. The van der Waals surface area contributed by atoms with Gasteiger partial charge in [0.15, 0.2) is 23.3 Å². The third kappa shape index (κ3) is 4.90. The number of carbonyl (C=O) groups is 2. The highest BCUT2D eigenvalue weighted by molar-refractivity contribution is 5.93. The molecule has 0 aliphatic rings. The molecule has 0 fully saturated rings. The molecule has 4 nitrogen and oxygen atoms in total. The molecule has 1 atom stereocenters. The summed E-state index contributed by atoms with van der Waals surface area (Å²) in [5, 5.41) is 0. The molecule has 1 unspecified atom stereocenters. The number of hydrogen-bond acceptors (Lipinski definition) is 4. The second-order valence-corrected chi connectivity index (χ2v) is 6.10. The van der Waals surface area contributed by atoms with E-state index in [9.17, 15) is 31.5 Å². The molecule has 0 N–H and O–H groups in total. The van der Waals surface area contributed by atoms with E-state index in [1.54, 1.807) is 0 Å². The second-order valence-electron chi connectivity index (χ2n) is 6.10. The fraction of sp³-hybridized carbons (Fsp3) is 0.300. The van der Waals surface area contributed by atoms with Crippen molar-refractivity contribution < 1.29 is 41.0 Å². The zero-order chi connectivity index (χ0) is 21.7. The van der Waals surface area contributed by atoms with Gasteiger partial charge < -0.3 is 9.47 Å². The number of ether oxygens (including phenoxy) is 2. The van der Waals surface area contributed by atoms with Crippen LogP contribution in [0.5, 0.6) is 0 Å². The first kappa shape index (κ1) is 22.3. The van der Waals surface area contributed by atoms with Gasteiger partial charge in [-0.25, -0.2) is 31.5 Å². The topological polar surface area (TPSA) is 52.6 Å². The monoisotopic (exact) mass is 416 g/mol. The summed E-state index contributed by atoms with van der Waals surface area (Å²) in [6.45, 7) is 3.15. The van der Waals surface area contributed by atoms with Gasteiger partial charge in [0.2, 0.25) is 5.82 Å². The summed E-state index contributed by atoms with van der Waals surface area (Å²) in [6.07, 6.45) is -0.212. The molecule has 0 aliphatic carbocycles. The van der Waals surface area contributed by atoms with Gasteiger partial charge in [-0.15, -0.1) is 0 Å². The van der Waals surface area contributed by atoms with Crippen molar-refractivity contribution in [1.29, 1.82) is 0 Å². The predicted molar refractivity (Wildman–Crippen MR) is 91.7 cm³/mol. The van der Waals surface area contributed by atoms with Gasteiger partial charge >= 0.3 is 11.9 Å².